The average molecular weight is 405 g/mol. The summed E-state index contributed by atoms with van der Waals surface area (Å²) in [6.07, 6.45) is 5.50. The smallest absolute Gasteiger partial charge is 0.270 e. The lowest BCUT2D eigenvalue weighted by Gasteiger charge is -2.24. The van der Waals surface area contributed by atoms with E-state index in [1.54, 1.807) is 6.20 Å². The SMILES string of the molecule is CC(C)Oc1ccccc1CNC(=O)c1cc(C2CCOCC2)c2cnccc2n1. The number of nitrogens with zero attached hydrogens (tertiary/aromatic N) is 2. The molecule has 3 heterocycles. The molecule has 0 unspecified atom stereocenters. The first kappa shape index (κ1) is 20.3. The van der Waals surface area contributed by atoms with E-state index in [2.05, 4.69) is 15.3 Å². The van der Waals surface area contributed by atoms with Gasteiger partial charge < -0.3 is 14.8 Å². The number of nitrogens with one attached hydrogen (secondary N) is 1. The minimum Gasteiger partial charge on any atom is -0.491 e. The standard InChI is InChI=1S/C24H27N3O3/c1-16(2)30-23-6-4-3-5-18(23)14-26-24(28)22-13-19(17-8-11-29-12-9-17)20-15-25-10-7-21(20)27-22/h3-7,10,13,15-17H,8-9,11-12,14H2,1-2H3,(H,26,28). The van der Waals surface area contributed by atoms with E-state index >= 15 is 0 Å². The average Bonchev–Trinajstić information content (AvgIpc) is 2.77. The second-order valence-corrected chi connectivity index (χ2v) is 7.83. The van der Waals surface area contributed by atoms with Crippen LogP contribution in [0, 0.1) is 0 Å². The van der Waals surface area contributed by atoms with Crippen molar-refractivity contribution in [2.24, 2.45) is 0 Å². The van der Waals surface area contributed by atoms with Crippen LogP contribution >= 0.6 is 0 Å². The van der Waals surface area contributed by atoms with Crippen LogP contribution in [0.1, 0.15) is 54.2 Å². The van der Waals surface area contributed by atoms with Crippen molar-refractivity contribution in [2.45, 2.75) is 45.3 Å². The van der Waals surface area contributed by atoms with Gasteiger partial charge in [-0.2, -0.15) is 0 Å². The maximum atomic E-state index is 13.0. The molecule has 1 fully saturated rings. The van der Waals surface area contributed by atoms with E-state index in [9.17, 15) is 4.79 Å². The van der Waals surface area contributed by atoms with Gasteiger partial charge in [0.05, 0.1) is 11.6 Å². The van der Waals surface area contributed by atoms with Crippen molar-refractivity contribution in [3.05, 3.63) is 65.6 Å². The van der Waals surface area contributed by atoms with Crippen molar-refractivity contribution in [1.29, 1.82) is 0 Å². The fourth-order valence-electron chi connectivity index (χ4n) is 3.84. The largest absolute Gasteiger partial charge is 0.491 e. The zero-order valence-electron chi connectivity index (χ0n) is 17.4. The quantitative estimate of drug-likeness (QED) is 0.664. The maximum Gasteiger partial charge on any atom is 0.270 e. The lowest BCUT2D eigenvalue weighted by atomic mass is 9.89. The third-order valence-corrected chi connectivity index (χ3v) is 5.31. The van der Waals surface area contributed by atoms with Crippen LogP contribution < -0.4 is 10.1 Å². The molecule has 0 aliphatic carbocycles. The Bertz CT molecular complexity index is 1030. The summed E-state index contributed by atoms with van der Waals surface area (Å²) in [5.74, 6) is 0.940. The third-order valence-electron chi connectivity index (χ3n) is 5.31. The Hall–Kier alpha value is -2.99. The predicted octanol–water partition coefficient (Wildman–Crippen LogP) is 4.24. The molecule has 30 heavy (non-hydrogen) atoms. The summed E-state index contributed by atoms with van der Waals surface area (Å²) in [6, 6.07) is 11.5. The van der Waals surface area contributed by atoms with Gasteiger partial charge in [0.25, 0.3) is 5.91 Å². The molecule has 0 saturated carbocycles. The molecular formula is C24H27N3O3. The molecule has 0 atom stereocenters. The van der Waals surface area contributed by atoms with Gasteiger partial charge in [0.15, 0.2) is 0 Å². The number of carbonyl (C=O) groups excluding carboxylic acids is 1. The first-order valence-corrected chi connectivity index (χ1v) is 10.5. The Morgan fingerprint density at radius 2 is 2.03 bits per heavy atom. The van der Waals surface area contributed by atoms with E-state index in [0.29, 0.717) is 18.2 Å². The van der Waals surface area contributed by atoms with Crippen molar-refractivity contribution in [1.82, 2.24) is 15.3 Å². The van der Waals surface area contributed by atoms with Crippen LogP contribution in [0.2, 0.25) is 0 Å². The zero-order chi connectivity index (χ0) is 20.9. The van der Waals surface area contributed by atoms with E-state index in [1.165, 1.54) is 0 Å². The Morgan fingerprint density at radius 1 is 1.23 bits per heavy atom. The van der Waals surface area contributed by atoms with Crippen LogP contribution in [-0.4, -0.2) is 35.2 Å². The number of hydrogen-bond acceptors (Lipinski definition) is 5. The molecule has 2 aromatic heterocycles. The van der Waals surface area contributed by atoms with Crippen LogP contribution in [0.3, 0.4) is 0 Å². The topological polar surface area (TPSA) is 73.3 Å². The third kappa shape index (κ3) is 4.60. The normalized spacial score (nSPS) is 14.8. The highest BCUT2D eigenvalue weighted by atomic mass is 16.5. The Balaban J connectivity index is 1.58. The van der Waals surface area contributed by atoms with Gasteiger partial charge in [-0.05, 0) is 56.4 Å². The molecule has 4 rings (SSSR count). The van der Waals surface area contributed by atoms with Crippen LogP contribution in [-0.2, 0) is 11.3 Å². The predicted molar refractivity (Wildman–Crippen MR) is 116 cm³/mol. The molecule has 1 saturated heterocycles. The van der Waals surface area contributed by atoms with Gasteiger partial charge in [-0.15, -0.1) is 0 Å². The lowest BCUT2D eigenvalue weighted by Crippen LogP contribution is -2.25. The minimum absolute atomic E-state index is 0.0691. The second-order valence-electron chi connectivity index (χ2n) is 7.83. The van der Waals surface area contributed by atoms with Crippen molar-refractivity contribution < 1.29 is 14.3 Å². The molecule has 6 nitrogen and oxygen atoms in total. The van der Waals surface area contributed by atoms with Crippen molar-refractivity contribution in [2.75, 3.05) is 13.2 Å². The highest BCUT2D eigenvalue weighted by molar-refractivity contribution is 5.96. The molecule has 1 N–H and O–H groups in total. The number of para-hydroxylation sites is 1. The second kappa shape index (κ2) is 9.22. The summed E-state index contributed by atoms with van der Waals surface area (Å²) < 4.78 is 11.4. The number of pyridine rings is 2. The van der Waals surface area contributed by atoms with Crippen LogP contribution in [0.25, 0.3) is 10.9 Å². The van der Waals surface area contributed by atoms with Gasteiger partial charge in [0, 0.05) is 43.1 Å². The van der Waals surface area contributed by atoms with Gasteiger partial charge >= 0.3 is 0 Å². The highest BCUT2D eigenvalue weighted by Gasteiger charge is 2.21. The maximum absolute atomic E-state index is 13.0. The summed E-state index contributed by atoms with van der Waals surface area (Å²) in [5, 5.41) is 4.01. The first-order chi connectivity index (χ1) is 14.6. The van der Waals surface area contributed by atoms with Gasteiger partial charge in [-0.25, -0.2) is 4.98 Å². The van der Waals surface area contributed by atoms with E-state index in [0.717, 1.165) is 53.8 Å². The molecule has 6 heteroatoms. The fraction of sp³-hybridized carbons (Fsp3) is 0.375. The van der Waals surface area contributed by atoms with Gasteiger partial charge in [-0.1, -0.05) is 18.2 Å². The number of amides is 1. The van der Waals surface area contributed by atoms with Crippen molar-refractivity contribution >= 4 is 16.8 Å². The molecule has 1 aromatic carbocycles. The van der Waals surface area contributed by atoms with E-state index in [-0.39, 0.29) is 12.0 Å². The molecule has 1 aliphatic heterocycles. The molecular weight excluding hydrogens is 378 g/mol. The molecule has 0 spiro atoms. The minimum atomic E-state index is -0.193. The number of aromatic nitrogens is 2. The van der Waals surface area contributed by atoms with E-state index in [1.807, 2.05) is 56.4 Å². The first-order valence-electron chi connectivity index (χ1n) is 10.5. The molecule has 1 amide bonds. The van der Waals surface area contributed by atoms with Crippen LogP contribution in [0.15, 0.2) is 48.8 Å². The van der Waals surface area contributed by atoms with Gasteiger partial charge in [-0.3, -0.25) is 9.78 Å². The lowest BCUT2D eigenvalue weighted by molar-refractivity contribution is 0.0855. The number of fused-ring (bicyclic) bond motifs is 1. The number of ether oxygens (including phenoxy) is 2. The molecule has 156 valence electrons. The summed E-state index contributed by atoms with van der Waals surface area (Å²) >= 11 is 0. The number of carbonyl (C=O) groups is 1. The number of rotatable bonds is 6. The monoisotopic (exact) mass is 405 g/mol. The van der Waals surface area contributed by atoms with Gasteiger partial charge in [0.2, 0.25) is 0 Å². The highest BCUT2D eigenvalue weighted by Crippen LogP contribution is 2.32. The number of hydrogen-bond donors (Lipinski definition) is 1. The Morgan fingerprint density at radius 3 is 2.83 bits per heavy atom. The van der Waals surface area contributed by atoms with Gasteiger partial charge in [0.1, 0.15) is 11.4 Å². The Labute approximate surface area is 176 Å². The molecule has 0 bridgehead atoms. The molecule has 3 aromatic rings. The summed E-state index contributed by atoms with van der Waals surface area (Å²) in [7, 11) is 0. The summed E-state index contributed by atoms with van der Waals surface area (Å²) in [6.45, 7) is 5.83. The summed E-state index contributed by atoms with van der Waals surface area (Å²) in [5.41, 5.74) is 3.29. The Kier molecular flexibility index (Phi) is 6.23. The van der Waals surface area contributed by atoms with Crippen LogP contribution in [0.5, 0.6) is 5.75 Å². The summed E-state index contributed by atoms with van der Waals surface area (Å²) in [4.78, 5) is 21.8. The van der Waals surface area contributed by atoms with Crippen molar-refractivity contribution in [3.63, 3.8) is 0 Å². The van der Waals surface area contributed by atoms with Crippen LogP contribution in [0.4, 0.5) is 0 Å². The van der Waals surface area contributed by atoms with Crippen molar-refractivity contribution in [3.8, 4) is 5.75 Å². The molecule has 0 radical (unpaired) electrons. The van der Waals surface area contributed by atoms with E-state index < -0.39 is 0 Å². The zero-order valence-corrected chi connectivity index (χ0v) is 17.4. The van der Waals surface area contributed by atoms with E-state index in [4.69, 9.17) is 9.47 Å². The fourth-order valence-corrected chi connectivity index (χ4v) is 3.84. The number of benzene rings is 1. The molecule has 1 aliphatic rings.